The molecule has 1 aliphatic heterocycles. The molecule has 0 aliphatic carbocycles. The molecule has 4 rings (SSSR count). The highest BCUT2D eigenvalue weighted by Gasteiger charge is 2.19. The molecule has 1 saturated heterocycles. The van der Waals surface area contributed by atoms with Crippen LogP contribution in [0.5, 0.6) is 5.75 Å². The second kappa shape index (κ2) is 12.9. The van der Waals surface area contributed by atoms with Crippen molar-refractivity contribution in [3.8, 4) is 5.75 Å². The van der Waals surface area contributed by atoms with Gasteiger partial charge in [-0.05, 0) is 55.4 Å². The van der Waals surface area contributed by atoms with Crippen molar-refractivity contribution in [1.29, 1.82) is 0 Å². The number of allylic oxidation sites excluding steroid dienone is 2. The molecule has 3 aromatic rings. The fraction of sp³-hybridized carbons (Fsp3) is 0.321. The third kappa shape index (κ3) is 7.01. The average Bonchev–Trinajstić information content (AvgIpc) is 3.30. The Morgan fingerprint density at radius 3 is 2.59 bits per heavy atom. The number of nitrogens with zero attached hydrogens (tertiary/aromatic N) is 2. The molecular weight excluding hydrogens is 511 g/mol. The minimum atomic E-state index is -0.233. The van der Waals surface area contributed by atoms with E-state index >= 15 is 0 Å². The zero-order valence-electron chi connectivity index (χ0n) is 21.1. The van der Waals surface area contributed by atoms with Crippen molar-refractivity contribution in [2.24, 2.45) is 0 Å². The summed E-state index contributed by atoms with van der Waals surface area (Å²) in [6, 6.07) is 13.7. The Hall–Kier alpha value is -3.13. The van der Waals surface area contributed by atoms with Gasteiger partial charge < -0.3 is 24.7 Å². The van der Waals surface area contributed by atoms with Gasteiger partial charge in [0.25, 0.3) is 5.91 Å². The van der Waals surface area contributed by atoms with E-state index in [0.717, 1.165) is 67.2 Å². The highest BCUT2D eigenvalue weighted by atomic mass is 35.5. The summed E-state index contributed by atoms with van der Waals surface area (Å²) < 4.78 is 10.8. The highest BCUT2D eigenvalue weighted by Crippen LogP contribution is 2.29. The lowest BCUT2D eigenvalue weighted by atomic mass is 10.2. The van der Waals surface area contributed by atoms with Crippen LogP contribution in [0.1, 0.15) is 12.1 Å². The van der Waals surface area contributed by atoms with Gasteiger partial charge in [-0.1, -0.05) is 41.4 Å². The first-order valence-corrected chi connectivity index (χ1v) is 13.0. The molecule has 0 atom stereocenters. The number of piperazine rings is 1. The Balaban J connectivity index is 1.20. The number of H-pyrrole nitrogens is 1. The molecular formula is C28H32Cl2N4O3. The number of carbonyl (C=O) groups excluding carboxylic acids is 1. The van der Waals surface area contributed by atoms with Crippen LogP contribution in [0.4, 0.5) is 5.69 Å². The van der Waals surface area contributed by atoms with Crippen molar-refractivity contribution in [1.82, 2.24) is 15.2 Å². The van der Waals surface area contributed by atoms with Gasteiger partial charge in [0.05, 0.1) is 30.0 Å². The van der Waals surface area contributed by atoms with Crippen molar-refractivity contribution in [3.63, 3.8) is 0 Å². The van der Waals surface area contributed by atoms with E-state index in [4.69, 9.17) is 32.7 Å². The van der Waals surface area contributed by atoms with E-state index in [1.807, 2.05) is 36.4 Å². The summed E-state index contributed by atoms with van der Waals surface area (Å²) in [5.74, 6) is 0.930. The van der Waals surface area contributed by atoms with Crippen molar-refractivity contribution in [2.45, 2.75) is 6.42 Å². The van der Waals surface area contributed by atoms with Gasteiger partial charge in [0, 0.05) is 49.3 Å². The number of methoxy groups -OCH3 is 2. The first-order valence-electron chi connectivity index (χ1n) is 12.3. The Morgan fingerprint density at radius 2 is 1.84 bits per heavy atom. The number of aromatic amines is 1. The fourth-order valence-corrected chi connectivity index (χ4v) is 4.75. The predicted octanol–water partition coefficient (Wildman–Crippen LogP) is 5.36. The van der Waals surface area contributed by atoms with Crippen molar-refractivity contribution in [2.75, 3.05) is 58.4 Å². The molecule has 0 spiro atoms. The minimum absolute atomic E-state index is 0.233. The molecule has 0 saturated carbocycles. The molecule has 196 valence electrons. The third-order valence-electron chi connectivity index (χ3n) is 6.38. The van der Waals surface area contributed by atoms with E-state index in [1.165, 1.54) is 7.11 Å². The number of rotatable bonds is 10. The number of fused-ring (bicyclic) bond motifs is 1. The first-order chi connectivity index (χ1) is 18.0. The number of hydrogen-bond donors (Lipinski definition) is 2. The summed E-state index contributed by atoms with van der Waals surface area (Å²) in [5, 5.41) is 4.92. The quantitative estimate of drug-likeness (QED) is 0.156. The lowest BCUT2D eigenvalue weighted by Crippen LogP contribution is -2.47. The number of carbonyl (C=O) groups is 1. The molecule has 1 aliphatic rings. The van der Waals surface area contributed by atoms with E-state index in [0.29, 0.717) is 16.6 Å². The summed E-state index contributed by atoms with van der Waals surface area (Å²) in [4.78, 5) is 20.6. The summed E-state index contributed by atoms with van der Waals surface area (Å²) in [5.41, 5.74) is 2.90. The van der Waals surface area contributed by atoms with Crippen molar-refractivity contribution >= 4 is 51.8 Å². The van der Waals surface area contributed by atoms with Crippen LogP contribution in [-0.4, -0.2) is 69.3 Å². The molecule has 0 bridgehead atoms. The Bertz CT molecular complexity index is 1240. The zero-order chi connectivity index (χ0) is 26.2. The molecule has 2 heterocycles. The van der Waals surface area contributed by atoms with Crippen LogP contribution in [0, 0.1) is 0 Å². The van der Waals surface area contributed by atoms with Gasteiger partial charge in [-0.2, -0.15) is 0 Å². The van der Waals surface area contributed by atoms with Gasteiger partial charge in [0.15, 0.2) is 5.76 Å². The fourth-order valence-electron chi connectivity index (χ4n) is 4.41. The molecule has 9 heteroatoms. The number of amides is 1. The number of anilines is 1. The number of ether oxygens (including phenoxy) is 2. The maximum Gasteiger partial charge on any atom is 0.286 e. The number of para-hydroxylation sites is 2. The smallest absolute Gasteiger partial charge is 0.286 e. The van der Waals surface area contributed by atoms with E-state index in [-0.39, 0.29) is 11.7 Å². The van der Waals surface area contributed by atoms with E-state index < -0.39 is 0 Å². The van der Waals surface area contributed by atoms with E-state index in [1.54, 1.807) is 25.3 Å². The molecule has 1 amide bonds. The summed E-state index contributed by atoms with van der Waals surface area (Å²) in [7, 11) is 3.20. The number of hydrogen-bond acceptors (Lipinski definition) is 5. The van der Waals surface area contributed by atoms with Crippen molar-refractivity contribution < 1.29 is 14.3 Å². The van der Waals surface area contributed by atoms with Gasteiger partial charge in [-0.15, -0.1) is 0 Å². The molecule has 1 fully saturated rings. The maximum atomic E-state index is 12.5. The molecule has 2 N–H and O–H groups in total. The Labute approximate surface area is 227 Å². The molecule has 7 nitrogen and oxygen atoms in total. The summed E-state index contributed by atoms with van der Waals surface area (Å²) >= 11 is 12.2. The minimum Gasteiger partial charge on any atom is -0.495 e. The number of benzene rings is 2. The maximum absolute atomic E-state index is 12.5. The third-order valence-corrected chi connectivity index (χ3v) is 7.11. The topological polar surface area (TPSA) is 69.8 Å². The largest absolute Gasteiger partial charge is 0.495 e. The average molecular weight is 543 g/mol. The molecule has 1 aromatic heterocycles. The van der Waals surface area contributed by atoms with E-state index in [2.05, 4.69) is 26.2 Å². The molecule has 37 heavy (non-hydrogen) atoms. The molecule has 2 aromatic carbocycles. The van der Waals surface area contributed by atoms with Crippen molar-refractivity contribution in [3.05, 3.63) is 76.1 Å². The Morgan fingerprint density at radius 1 is 1.08 bits per heavy atom. The van der Waals surface area contributed by atoms with Crippen LogP contribution in [0.15, 0.2) is 60.4 Å². The van der Waals surface area contributed by atoms with Gasteiger partial charge in [0.1, 0.15) is 5.75 Å². The summed E-state index contributed by atoms with van der Waals surface area (Å²) in [6.45, 7) is 5.37. The van der Waals surface area contributed by atoms with E-state index in [9.17, 15) is 4.79 Å². The standard InChI is InChI=1S/C28H32Cl2N4O3/c1-36-26-9-4-3-8-25(26)34-15-13-33(14-16-34)12-6-11-31-28(35)27(37-2)10-5-7-21-17-20-18-22(29)23(30)19-24(20)32-21/h3-5,7-10,17-19,32H,6,11-16H2,1-2H3,(H,31,35)/b7-5+,27-10+. The monoisotopic (exact) mass is 542 g/mol. The number of aromatic nitrogens is 1. The van der Waals surface area contributed by atoms with Crippen LogP contribution in [0.3, 0.4) is 0 Å². The van der Waals surface area contributed by atoms with Crippen LogP contribution in [0.2, 0.25) is 10.0 Å². The Kier molecular flexibility index (Phi) is 9.39. The zero-order valence-corrected chi connectivity index (χ0v) is 22.6. The highest BCUT2D eigenvalue weighted by molar-refractivity contribution is 6.42. The van der Waals surface area contributed by atoms with Gasteiger partial charge in [-0.3, -0.25) is 9.69 Å². The van der Waals surface area contributed by atoms with Gasteiger partial charge in [0.2, 0.25) is 0 Å². The first kappa shape index (κ1) is 26.9. The number of nitrogens with one attached hydrogen (secondary N) is 2. The van der Waals surface area contributed by atoms with Gasteiger partial charge in [-0.25, -0.2) is 0 Å². The van der Waals surface area contributed by atoms with Crippen LogP contribution < -0.4 is 15.0 Å². The molecule has 0 unspecified atom stereocenters. The predicted molar refractivity (Wildman–Crippen MR) is 152 cm³/mol. The number of halogens is 2. The SMILES string of the molecule is CO/C(=C/C=C/c1cc2cc(Cl)c(Cl)cc2[nH]1)C(=O)NCCCN1CCN(c2ccccc2OC)CC1. The van der Waals surface area contributed by atoms with Crippen LogP contribution >= 0.6 is 23.2 Å². The molecule has 0 radical (unpaired) electrons. The van der Waals surface area contributed by atoms with Crippen LogP contribution in [-0.2, 0) is 9.53 Å². The van der Waals surface area contributed by atoms with Crippen LogP contribution in [0.25, 0.3) is 17.0 Å². The van der Waals surface area contributed by atoms with Gasteiger partial charge >= 0.3 is 0 Å². The second-order valence-electron chi connectivity index (χ2n) is 8.78. The second-order valence-corrected chi connectivity index (χ2v) is 9.60. The lowest BCUT2D eigenvalue weighted by Gasteiger charge is -2.36. The normalized spacial score (nSPS) is 14.9. The summed E-state index contributed by atoms with van der Waals surface area (Å²) in [6.07, 6.45) is 6.15. The lowest BCUT2D eigenvalue weighted by molar-refractivity contribution is -0.120.